The molecule has 1 aliphatic rings. The highest BCUT2D eigenvalue weighted by Crippen LogP contribution is 2.14. The molecule has 0 amide bonds. The molecule has 1 aromatic carbocycles. The van der Waals surface area contributed by atoms with Gasteiger partial charge in [0.25, 0.3) is 0 Å². The first kappa shape index (κ1) is 22.7. The quantitative estimate of drug-likeness (QED) is 0.302. The van der Waals surface area contributed by atoms with E-state index in [2.05, 4.69) is 10.1 Å². The summed E-state index contributed by atoms with van der Waals surface area (Å²) in [5.41, 5.74) is 7.43. The van der Waals surface area contributed by atoms with Gasteiger partial charge < -0.3 is 20.8 Å². The summed E-state index contributed by atoms with van der Waals surface area (Å²) >= 11 is 0. The smallest absolute Gasteiger partial charge is 0.162 e. The van der Waals surface area contributed by atoms with Crippen LogP contribution in [0.15, 0.2) is 35.5 Å². The number of β-amino-alcohol motifs (C(OH)–C–C–N with tert-alkyl or cyclic N) is 1. The van der Waals surface area contributed by atoms with Crippen molar-refractivity contribution in [3.8, 4) is 0 Å². The fraction of sp³-hybridized carbons (Fsp3) is 0.438. The van der Waals surface area contributed by atoms with Gasteiger partial charge in [-0.2, -0.15) is 0 Å². The first-order valence-corrected chi connectivity index (χ1v) is 7.40. The molecule has 0 aromatic heterocycles. The molecule has 136 valence electrons. The summed E-state index contributed by atoms with van der Waals surface area (Å²) < 4.78 is 5.31. The second kappa shape index (κ2) is 12.1. The Labute approximate surface area is 154 Å². The van der Waals surface area contributed by atoms with Crippen molar-refractivity contribution in [2.45, 2.75) is 12.5 Å². The van der Waals surface area contributed by atoms with Gasteiger partial charge in [-0.3, -0.25) is 4.90 Å². The molecule has 0 bridgehead atoms. The van der Waals surface area contributed by atoms with Gasteiger partial charge in [0, 0.05) is 26.1 Å². The third-order valence-corrected chi connectivity index (χ3v) is 3.63. The number of amidine groups is 1. The van der Waals surface area contributed by atoms with Crippen LogP contribution in [0.2, 0.25) is 0 Å². The number of nitrogens with zero attached hydrogens (tertiary/aromatic N) is 2. The highest BCUT2D eigenvalue weighted by Gasteiger charge is 2.15. The molecule has 8 heteroatoms. The van der Waals surface area contributed by atoms with Gasteiger partial charge in [0.1, 0.15) is 0 Å². The molecule has 6 nitrogen and oxygen atoms in total. The van der Waals surface area contributed by atoms with Crippen molar-refractivity contribution in [2.24, 2.45) is 10.9 Å². The van der Waals surface area contributed by atoms with Crippen molar-refractivity contribution in [1.29, 1.82) is 0 Å². The van der Waals surface area contributed by atoms with Crippen LogP contribution in [0.1, 0.15) is 11.1 Å². The van der Waals surface area contributed by atoms with Crippen molar-refractivity contribution < 1.29 is 15.1 Å². The molecule has 1 atom stereocenters. The minimum absolute atomic E-state index is 0. The molecule has 0 radical (unpaired) electrons. The van der Waals surface area contributed by atoms with E-state index in [1.165, 1.54) is 6.08 Å². The molecule has 1 aromatic rings. The van der Waals surface area contributed by atoms with Gasteiger partial charge in [0.2, 0.25) is 0 Å². The third kappa shape index (κ3) is 7.51. The van der Waals surface area contributed by atoms with E-state index in [9.17, 15) is 5.11 Å². The zero-order valence-corrected chi connectivity index (χ0v) is 15.0. The largest absolute Gasteiger partial charge is 0.409 e. The summed E-state index contributed by atoms with van der Waals surface area (Å²) in [5, 5.41) is 21.8. The Morgan fingerprint density at radius 1 is 1.29 bits per heavy atom. The zero-order chi connectivity index (χ0) is 15.8. The first-order valence-electron chi connectivity index (χ1n) is 7.40. The molecule has 0 saturated carbocycles. The normalized spacial score (nSPS) is 17.1. The number of aliphatic hydroxyl groups is 1. The predicted octanol–water partition coefficient (Wildman–Crippen LogP) is 1.53. The summed E-state index contributed by atoms with van der Waals surface area (Å²) in [5.74, 6) is 0.0451. The van der Waals surface area contributed by atoms with Crippen molar-refractivity contribution in [3.63, 3.8) is 0 Å². The van der Waals surface area contributed by atoms with E-state index < -0.39 is 6.10 Å². The summed E-state index contributed by atoms with van der Waals surface area (Å²) in [6.07, 6.45) is 3.45. The number of rotatable bonds is 6. The van der Waals surface area contributed by atoms with E-state index >= 15 is 0 Å². The standard InChI is InChI=1S/C16H23N3O3.2ClH/c17-16(18-21)6-5-13-3-1-2-4-14(13)11-15(20)12-19-7-9-22-10-8-19;;/h1-6,15,20-21H,7-12H2,(H2,17,18);2*1H. The average molecular weight is 378 g/mol. The molecule has 1 aliphatic heterocycles. The predicted molar refractivity (Wildman–Crippen MR) is 100 cm³/mol. The van der Waals surface area contributed by atoms with Crippen LogP contribution in [0.25, 0.3) is 6.08 Å². The van der Waals surface area contributed by atoms with Gasteiger partial charge in [-0.05, 0) is 17.2 Å². The Hall–Kier alpha value is -1.31. The summed E-state index contributed by atoms with van der Waals surface area (Å²) in [6, 6.07) is 7.79. The topological polar surface area (TPSA) is 91.3 Å². The highest BCUT2D eigenvalue weighted by atomic mass is 35.5. The monoisotopic (exact) mass is 377 g/mol. The highest BCUT2D eigenvalue weighted by molar-refractivity contribution is 5.94. The molecule has 0 aliphatic carbocycles. The number of ether oxygens (including phenoxy) is 1. The number of benzene rings is 1. The maximum absolute atomic E-state index is 10.3. The van der Waals surface area contributed by atoms with Crippen molar-refractivity contribution in [1.82, 2.24) is 4.90 Å². The van der Waals surface area contributed by atoms with Crippen LogP contribution in [0.5, 0.6) is 0 Å². The molecular weight excluding hydrogens is 353 g/mol. The molecule has 0 spiro atoms. The Bertz CT molecular complexity index is 535. The average Bonchev–Trinajstić information content (AvgIpc) is 2.54. The zero-order valence-electron chi connectivity index (χ0n) is 13.4. The minimum atomic E-state index is -0.434. The summed E-state index contributed by atoms with van der Waals surface area (Å²) in [7, 11) is 0. The van der Waals surface area contributed by atoms with Gasteiger partial charge in [-0.15, -0.1) is 24.8 Å². The molecule has 24 heavy (non-hydrogen) atoms. The number of oxime groups is 1. The molecule has 4 N–H and O–H groups in total. The lowest BCUT2D eigenvalue weighted by Crippen LogP contribution is -2.41. The molecule has 1 saturated heterocycles. The maximum atomic E-state index is 10.3. The number of hydrogen-bond acceptors (Lipinski definition) is 5. The van der Waals surface area contributed by atoms with E-state index in [1.807, 2.05) is 24.3 Å². The van der Waals surface area contributed by atoms with Gasteiger partial charge in [-0.25, -0.2) is 0 Å². The summed E-state index contributed by atoms with van der Waals surface area (Å²) in [4.78, 5) is 2.21. The first-order chi connectivity index (χ1) is 10.7. The second-order valence-electron chi connectivity index (χ2n) is 5.33. The van der Waals surface area contributed by atoms with Gasteiger partial charge >= 0.3 is 0 Å². The van der Waals surface area contributed by atoms with Crippen LogP contribution in [-0.4, -0.2) is 60.0 Å². The lowest BCUT2D eigenvalue weighted by molar-refractivity contribution is 0.0149. The van der Waals surface area contributed by atoms with Crippen molar-refractivity contribution >= 4 is 36.7 Å². The fourth-order valence-corrected chi connectivity index (χ4v) is 2.49. The lowest BCUT2D eigenvalue weighted by Gasteiger charge is -2.28. The van der Waals surface area contributed by atoms with Gasteiger partial charge in [0.05, 0.1) is 19.3 Å². The Kier molecular flexibility index (Phi) is 11.4. The number of aliphatic hydroxyl groups excluding tert-OH is 1. The van der Waals surface area contributed by atoms with E-state index in [4.69, 9.17) is 15.7 Å². The van der Waals surface area contributed by atoms with E-state index in [-0.39, 0.29) is 30.6 Å². The minimum Gasteiger partial charge on any atom is -0.409 e. The molecule has 1 unspecified atom stereocenters. The number of nitrogens with two attached hydrogens (primary N) is 1. The Balaban J connectivity index is 0.00000264. The SMILES string of the molecule is Cl.Cl.NC(C=Cc1ccccc1CC(O)CN1CCOCC1)=NO. The third-order valence-electron chi connectivity index (χ3n) is 3.63. The number of halogens is 2. The van der Waals surface area contributed by atoms with Crippen molar-refractivity contribution in [2.75, 3.05) is 32.8 Å². The molecule has 1 heterocycles. The van der Waals surface area contributed by atoms with Crippen LogP contribution in [0.3, 0.4) is 0 Å². The number of morpholine rings is 1. The Morgan fingerprint density at radius 3 is 2.62 bits per heavy atom. The van der Waals surface area contributed by atoms with Crippen LogP contribution in [-0.2, 0) is 11.2 Å². The van der Waals surface area contributed by atoms with Crippen LogP contribution in [0.4, 0.5) is 0 Å². The van der Waals surface area contributed by atoms with E-state index in [1.54, 1.807) is 6.08 Å². The molecule has 2 rings (SSSR count). The summed E-state index contributed by atoms with van der Waals surface area (Å²) in [6.45, 7) is 3.82. The lowest BCUT2D eigenvalue weighted by atomic mass is 10.0. The van der Waals surface area contributed by atoms with Crippen LogP contribution >= 0.6 is 24.8 Å². The maximum Gasteiger partial charge on any atom is 0.162 e. The molecular formula is C16H25Cl2N3O3. The Morgan fingerprint density at radius 2 is 1.96 bits per heavy atom. The fourth-order valence-electron chi connectivity index (χ4n) is 2.49. The second-order valence-corrected chi connectivity index (χ2v) is 5.33. The van der Waals surface area contributed by atoms with Crippen LogP contribution < -0.4 is 5.73 Å². The van der Waals surface area contributed by atoms with Gasteiger partial charge in [0.15, 0.2) is 5.84 Å². The molecule has 1 fully saturated rings. The van der Waals surface area contributed by atoms with Crippen molar-refractivity contribution in [3.05, 3.63) is 41.5 Å². The van der Waals surface area contributed by atoms with Gasteiger partial charge in [-0.1, -0.05) is 35.5 Å². The van der Waals surface area contributed by atoms with Crippen LogP contribution in [0, 0.1) is 0 Å². The number of hydrogen-bond donors (Lipinski definition) is 3. The van der Waals surface area contributed by atoms with E-state index in [0.717, 1.165) is 37.4 Å². The van der Waals surface area contributed by atoms with E-state index in [0.29, 0.717) is 13.0 Å².